The highest BCUT2D eigenvalue weighted by Gasteiger charge is 2.54. The van der Waals surface area contributed by atoms with Crippen LogP contribution >= 0.6 is 0 Å². The lowest BCUT2D eigenvalue weighted by Crippen LogP contribution is -2.45. The van der Waals surface area contributed by atoms with Crippen molar-refractivity contribution in [2.45, 2.75) is 63.1 Å². The summed E-state index contributed by atoms with van der Waals surface area (Å²) < 4.78 is 11.7. The van der Waals surface area contributed by atoms with Crippen molar-refractivity contribution in [2.75, 3.05) is 6.61 Å². The van der Waals surface area contributed by atoms with Gasteiger partial charge in [0.1, 0.15) is 6.10 Å². The van der Waals surface area contributed by atoms with Crippen LogP contribution in [-0.4, -0.2) is 46.2 Å². The molecule has 1 unspecified atom stereocenters. The maximum Gasteiger partial charge on any atom is 0.193 e. The average Bonchev–Trinajstić information content (AvgIpc) is 2.51. The Hall–Kier alpha value is -0.750. The Morgan fingerprint density at radius 2 is 2.16 bits per heavy atom. The summed E-state index contributed by atoms with van der Waals surface area (Å²) in [5, 5.41) is 20.1. The highest BCUT2D eigenvalue weighted by Crippen LogP contribution is 2.45. The van der Waals surface area contributed by atoms with Gasteiger partial charge in [-0.3, -0.25) is 4.79 Å². The number of ketones is 1. The van der Waals surface area contributed by atoms with Gasteiger partial charge in [0.2, 0.25) is 0 Å². The molecule has 5 heteroatoms. The van der Waals surface area contributed by atoms with Crippen LogP contribution in [-0.2, 0) is 14.3 Å². The van der Waals surface area contributed by atoms with E-state index in [9.17, 15) is 15.0 Å². The predicted molar refractivity (Wildman–Crippen MR) is 66.4 cm³/mol. The zero-order valence-corrected chi connectivity index (χ0v) is 11.3. The number of aliphatic hydroxyl groups is 2. The van der Waals surface area contributed by atoms with Crippen LogP contribution in [0.15, 0.2) is 11.1 Å². The minimum absolute atomic E-state index is 0.109. The molecule has 2 heterocycles. The summed E-state index contributed by atoms with van der Waals surface area (Å²) in [5.74, 6) is -1.13. The maximum absolute atomic E-state index is 12.2. The number of carbonyl (C=O) groups is 1. The fraction of sp³-hybridized carbons (Fsp3) is 0.786. The summed E-state index contributed by atoms with van der Waals surface area (Å²) in [6, 6.07) is 0. The number of carbonyl (C=O) groups excluding carboxylic acids is 1. The second-order valence-corrected chi connectivity index (χ2v) is 6.08. The zero-order valence-electron chi connectivity index (χ0n) is 11.3. The van der Waals surface area contributed by atoms with Crippen LogP contribution < -0.4 is 0 Å². The third kappa shape index (κ3) is 1.88. The second-order valence-electron chi connectivity index (χ2n) is 6.08. The van der Waals surface area contributed by atoms with Gasteiger partial charge in [0.15, 0.2) is 17.2 Å². The number of aliphatic hydroxyl groups excluding tert-OH is 1. The molecule has 2 aliphatic heterocycles. The Kier molecular flexibility index (Phi) is 2.87. The summed E-state index contributed by atoms with van der Waals surface area (Å²) in [7, 11) is 0. The molecule has 1 spiro atoms. The molecule has 0 bridgehead atoms. The van der Waals surface area contributed by atoms with Crippen LogP contribution in [0.4, 0.5) is 0 Å². The van der Waals surface area contributed by atoms with E-state index < -0.39 is 17.5 Å². The van der Waals surface area contributed by atoms with Gasteiger partial charge < -0.3 is 19.7 Å². The van der Waals surface area contributed by atoms with Crippen molar-refractivity contribution in [2.24, 2.45) is 0 Å². The molecule has 1 saturated heterocycles. The lowest BCUT2D eigenvalue weighted by molar-refractivity contribution is -0.277. The summed E-state index contributed by atoms with van der Waals surface area (Å²) in [5.41, 5.74) is -0.708. The normalized spacial score (nSPS) is 46.8. The number of Topliss-reactive ketones (excluding diaryl/α,β-unsaturated/α-hetero) is 1. The van der Waals surface area contributed by atoms with E-state index in [0.29, 0.717) is 17.6 Å². The molecule has 0 radical (unpaired) electrons. The van der Waals surface area contributed by atoms with Crippen LogP contribution in [0.25, 0.3) is 0 Å². The topological polar surface area (TPSA) is 76.0 Å². The van der Waals surface area contributed by atoms with Gasteiger partial charge in [0.05, 0.1) is 12.7 Å². The lowest BCUT2D eigenvalue weighted by atomic mass is 9.91. The Morgan fingerprint density at radius 3 is 2.84 bits per heavy atom. The van der Waals surface area contributed by atoms with Crippen molar-refractivity contribution < 1.29 is 24.5 Å². The van der Waals surface area contributed by atoms with Crippen LogP contribution in [0.2, 0.25) is 0 Å². The highest BCUT2D eigenvalue weighted by molar-refractivity contribution is 6.06. The van der Waals surface area contributed by atoms with E-state index in [-0.39, 0.29) is 18.5 Å². The van der Waals surface area contributed by atoms with E-state index in [1.165, 1.54) is 6.92 Å². The van der Waals surface area contributed by atoms with Crippen LogP contribution in [0, 0.1) is 0 Å². The number of rotatable bonds is 0. The largest absolute Gasteiger partial charge is 0.385 e. The third-order valence-electron chi connectivity index (χ3n) is 4.51. The SMILES string of the molecule is C[C@H]1CCCC2(CC3=C(CO2)[C@H](O)[C@](C)(O)C3=O)O1. The molecule has 1 aliphatic carbocycles. The summed E-state index contributed by atoms with van der Waals surface area (Å²) in [4.78, 5) is 12.2. The van der Waals surface area contributed by atoms with Gasteiger partial charge in [-0.15, -0.1) is 0 Å². The lowest BCUT2D eigenvalue weighted by Gasteiger charge is -2.42. The molecule has 19 heavy (non-hydrogen) atoms. The first kappa shape index (κ1) is 13.2. The Labute approximate surface area is 112 Å². The van der Waals surface area contributed by atoms with Gasteiger partial charge in [-0.25, -0.2) is 0 Å². The number of hydrogen-bond donors (Lipinski definition) is 2. The van der Waals surface area contributed by atoms with Crippen LogP contribution in [0.1, 0.15) is 39.5 Å². The van der Waals surface area contributed by atoms with Crippen LogP contribution in [0.3, 0.4) is 0 Å². The van der Waals surface area contributed by atoms with Crippen molar-refractivity contribution in [1.29, 1.82) is 0 Å². The minimum atomic E-state index is -1.72. The van der Waals surface area contributed by atoms with E-state index in [1.54, 1.807) is 0 Å². The molecule has 4 atom stereocenters. The standard InChI is InChI=1S/C14H20O5/c1-8-4-3-5-14(19-8)6-9-10(7-18-14)12(16)13(2,17)11(9)15/h8,12,16-17H,3-7H2,1-2H3/t8-,12-,13+,14?/m0/s1. The van der Waals surface area contributed by atoms with Crippen molar-refractivity contribution in [3.05, 3.63) is 11.1 Å². The molecule has 5 nitrogen and oxygen atoms in total. The van der Waals surface area contributed by atoms with Gasteiger partial charge in [0, 0.05) is 18.4 Å². The minimum Gasteiger partial charge on any atom is -0.385 e. The van der Waals surface area contributed by atoms with Crippen molar-refractivity contribution in [1.82, 2.24) is 0 Å². The van der Waals surface area contributed by atoms with Crippen LogP contribution in [0.5, 0.6) is 0 Å². The molecule has 3 rings (SSSR count). The molecule has 0 aromatic carbocycles. The fourth-order valence-electron chi connectivity index (χ4n) is 3.35. The van der Waals surface area contributed by atoms with Gasteiger partial charge >= 0.3 is 0 Å². The number of ether oxygens (including phenoxy) is 2. The zero-order chi connectivity index (χ0) is 13.8. The van der Waals surface area contributed by atoms with E-state index >= 15 is 0 Å². The first-order valence-corrected chi connectivity index (χ1v) is 6.85. The van der Waals surface area contributed by atoms with Gasteiger partial charge in [-0.2, -0.15) is 0 Å². The summed E-state index contributed by atoms with van der Waals surface area (Å²) in [6.07, 6.45) is 2.02. The molecule has 0 aromatic heterocycles. The smallest absolute Gasteiger partial charge is 0.193 e. The first-order valence-electron chi connectivity index (χ1n) is 6.85. The molecule has 0 saturated carbocycles. The summed E-state index contributed by atoms with van der Waals surface area (Å²) in [6.45, 7) is 3.51. The third-order valence-corrected chi connectivity index (χ3v) is 4.51. The second kappa shape index (κ2) is 4.12. The Balaban J connectivity index is 1.89. The van der Waals surface area contributed by atoms with Crippen molar-refractivity contribution >= 4 is 5.78 Å². The molecule has 106 valence electrons. The van der Waals surface area contributed by atoms with E-state index in [1.807, 2.05) is 6.92 Å². The maximum atomic E-state index is 12.2. The molecular weight excluding hydrogens is 248 g/mol. The van der Waals surface area contributed by atoms with Crippen molar-refractivity contribution in [3.8, 4) is 0 Å². The monoisotopic (exact) mass is 268 g/mol. The van der Waals surface area contributed by atoms with E-state index in [0.717, 1.165) is 19.3 Å². The molecule has 1 fully saturated rings. The van der Waals surface area contributed by atoms with Crippen molar-refractivity contribution in [3.63, 3.8) is 0 Å². The number of hydrogen-bond acceptors (Lipinski definition) is 5. The van der Waals surface area contributed by atoms with Gasteiger partial charge in [-0.05, 0) is 32.3 Å². The fourth-order valence-corrected chi connectivity index (χ4v) is 3.35. The quantitative estimate of drug-likeness (QED) is 0.676. The highest BCUT2D eigenvalue weighted by atomic mass is 16.7. The predicted octanol–water partition coefficient (Wildman–Crippen LogP) is 0.683. The molecule has 0 aromatic rings. The van der Waals surface area contributed by atoms with E-state index in [2.05, 4.69) is 0 Å². The molecule has 3 aliphatic rings. The van der Waals surface area contributed by atoms with Gasteiger partial charge in [-0.1, -0.05) is 0 Å². The average molecular weight is 268 g/mol. The summed E-state index contributed by atoms with van der Waals surface area (Å²) >= 11 is 0. The Morgan fingerprint density at radius 1 is 1.42 bits per heavy atom. The first-order chi connectivity index (χ1) is 8.86. The molecular formula is C14H20O5. The molecule has 0 amide bonds. The van der Waals surface area contributed by atoms with Gasteiger partial charge in [0.25, 0.3) is 0 Å². The van der Waals surface area contributed by atoms with E-state index in [4.69, 9.17) is 9.47 Å². The molecule has 2 N–H and O–H groups in total. The Bertz CT molecular complexity index is 453.